The van der Waals surface area contributed by atoms with Crippen molar-refractivity contribution in [3.63, 3.8) is 0 Å². The Balaban J connectivity index is 1.26. The van der Waals surface area contributed by atoms with Gasteiger partial charge in [-0.05, 0) is 88.6 Å². The van der Waals surface area contributed by atoms with E-state index in [1.165, 1.54) is 17.1 Å². The summed E-state index contributed by atoms with van der Waals surface area (Å²) in [6.07, 6.45) is 0. The Bertz CT molecular complexity index is 3450. The zero-order valence-corrected chi connectivity index (χ0v) is 34.1. The maximum Gasteiger partial charge on any atom is 0.147 e. The minimum Gasteiger partial charge on any atom is -0.508 e. The molecule has 10 aromatic rings. The smallest absolute Gasteiger partial charge is 0.147 e. The highest BCUT2D eigenvalue weighted by molar-refractivity contribution is 8.00. The number of fused-ring (bicyclic) bond motifs is 8. The van der Waals surface area contributed by atoms with Crippen LogP contribution in [-0.2, 0) is 0 Å². The number of phenolic OH excluding ortho intramolecular Hbond substituents is 3. The number of rotatable bonds is 4. The van der Waals surface area contributed by atoms with Gasteiger partial charge >= 0.3 is 0 Å². The van der Waals surface area contributed by atoms with Crippen molar-refractivity contribution in [2.45, 2.75) is 9.79 Å². The van der Waals surface area contributed by atoms with E-state index in [0.717, 1.165) is 87.0 Å². The molecule has 1 aliphatic rings. The molecule has 0 fully saturated rings. The van der Waals surface area contributed by atoms with Crippen molar-refractivity contribution < 1.29 is 15.3 Å². The fourth-order valence-electron chi connectivity index (χ4n) is 9.65. The topological polar surface area (TPSA) is 63.9 Å². The molecule has 0 atom stereocenters. The molecule has 60 heavy (non-hydrogen) atoms. The van der Waals surface area contributed by atoms with Crippen molar-refractivity contribution in [3.8, 4) is 50.6 Å². The average molecular weight is 787 g/mol. The zero-order chi connectivity index (χ0) is 40.8. The molecule has 0 aromatic heterocycles. The second kappa shape index (κ2) is 13.8. The van der Waals surface area contributed by atoms with Gasteiger partial charge in [-0.1, -0.05) is 169 Å². The zero-order valence-electron chi connectivity index (χ0n) is 33.3. The lowest BCUT2D eigenvalue weighted by atomic mass is 9.75. The summed E-state index contributed by atoms with van der Waals surface area (Å²) in [5.74, 6) is 0.121. The Morgan fingerprint density at radius 2 is 0.917 bits per heavy atom. The largest absolute Gasteiger partial charge is 0.508 e. The van der Waals surface area contributed by atoms with Gasteiger partial charge in [0, 0.05) is 10.3 Å². The monoisotopic (exact) mass is 787 g/mol. The van der Waals surface area contributed by atoms with Crippen LogP contribution in [-0.4, -0.2) is 38.9 Å². The summed E-state index contributed by atoms with van der Waals surface area (Å²) in [6, 6.07) is 56.0. The Kier molecular flexibility index (Phi) is 8.30. The first-order valence-electron chi connectivity index (χ1n) is 20.2. The van der Waals surface area contributed by atoms with Gasteiger partial charge in [0.15, 0.2) is 0 Å². The van der Waals surface area contributed by atoms with Crippen molar-refractivity contribution >= 4 is 112 Å². The maximum atomic E-state index is 12.9. The molecule has 0 bridgehead atoms. The van der Waals surface area contributed by atoms with Gasteiger partial charge in [0.25, 0.3) is 0 Å². The van der Waals surface area contributed by atoms with E-state index in [1.807, 2.05) is 82.4 Å². The highest BCUT2D eigenvalue weighted by Crippen LogP contribution is 2.60. The van der Waals surface area contributed by atoms with Gasteiger partial charge in [0.05, 0.1) is 21.8 Å². The van der Waals surface area contributed by atoms with E-state index in [-0.39, 0.29) is 17.2 Å². The first-order chi connectivity index (χ1) is 29.3. The molecule has 0 unspecified atom stereocenters. The quantitative estimate of drug-likeness (QED) is 0.123. The second-order valence-electron chi connectivity index (χ2n) is 15.7. The van der Waals surface area contributed by atoms with Gasteiger partial charge in [-0.2, -0.15) is 0 Å². The van der Waals surface area contributed by atoms with Gasteiger partial charge in [-0.15, -0.1) is 0 Å². The van der Waals surface area contributed by atoms with E-state index in [1.54, 1.807) is 0 Å². The van der Waals surface area contributed by atoms with Crippen LogP contribution in [0.2, 0.25) is 0 Å². The molecule has 0 saturated heterocycles. The standard InChI is InChI=1S/C52H36B3NO3S/c53-43-41(39-26-29-16-4-6-19-32(29)34-21-9-10-23-36(34)39)44(54)51-47(50(43)59)56(40-27-30-17-5-7-20-33(30)35-22-11-12-24-37(35)40)46-45(55)48(57)42(49(58)52(46)60-51)38-25-13-8-18-31(38)28-14-2-1-3-15-28/h1-27,57-59H,53-55H2. The highest BCUT2D eigenvalue weighted by atomic mass is 32.2. The van der Waals surface area contributed by atoms with Crippen molar-refractivity contribution in [3.05, 3.63) is 164 Å². The van der Waals surface area contributed by atoms with E-state index in [2.05, 4.69) is 110 Å². The number of hydrogen-bond acceptors (Lipinski definition) is 5. The number of aromatic hydroxyl groups is 3. The lowest BCUT2D eigenvalue weighted by molar-refractivity contribution is 0.448. The molecule has 8 heteroatoms. The Hall–Kier alpha value is -7.02. The summed E-state index contributed by atoms with van der Waals surface area (Å²) < 4.78 is 0. The third-order valence-corrected chi connectivity index (χ3v) is 13.8. The number of anilines is 3. The third-order valence-electron chi connectivity index (χ3n) is 12.5. The molecule has 0 radical (unpaired) electrons. The summed E-state index contributed by atoms with van der Waals surface area (Å²) in [7, 11) is 6.05. The molecular weight excluding hydrogens is 751 g/mol. The molecule has 1 aliphatic heterocycles. The molecule has 282 valence electrons. The SMILES string of the molecule is Bc1c(O)c2c(c(B)c1-c1cc3ccccc3c3ccccc13)Sc1c(O)c(-c3ccccc3-c3ccccc3)c(O)c(B)c1N2c1cc2ccccc2c2ccccc12. The molecule has 10 aromatic carbocycles. The lowest BCUT2D eigenvalue weighted by Crippen LogP contribution is -2.31. The molecule has 0 amide bonds. The summed E-state index contributed by atoms with van der Waals surface area (Å²) in [6.45, 7) is 0. The van der Waals surface area contributed by atoms with Crippen molar-refractivity contribution in [1.29, 1.82) is 0 Å². The van der Waals surface area contributed by atoms with Crippen LogP contribution in [0, 0.1) is 0 Å². The van der Waals surface area contributed by atoms with Crippen LogP contribution in [0.25, 0.3) is 76.5 Å². The molecule has 0 aliphatic carbocycles. The Morgan fingerprint density at radius 1 is 0.383 bits per heavy atom. The Morgan fingerprint density at radius 3 is 1.60 bits per heavy atom. The van der Waals surface area contributed by atoms with Crippen LogP contribution < -0.4 is 21.3 Å². The molecule has 1 heterocycles. The summed E-state index contributed by atoms with van der Waals surface area (Å²) >= 11 is 1.45. The minimum absolute atomic E-state index is 0.0130. The predicted octanol–water partition coefficient (Wildman–Crippen LogP) is 9.13. The van der Waals surface area contributed by atoms with E-state index in [0.29, 0.717) is 27.3 Å². The van der Waals surface area contributed by atoms with Crippen molar-refractivity contribution in [1.82, 2.24) is 0 Å². The first kappa shape index (κ1) is 36.1. The maximum absolute atomic E-state index is 12.9. The summed E-state index contributed by atoms with van der Waals surface area (Å²) in [4.78, 5) is 3.53. The van der Waals surface area contributed by atoms with Gasteiger partial charge < -0.3 is 20.2 Å². The molecule has 4 nitrogen and oxygen atoms in total. The normalized spacial score (nSPS) is 12.3. The number of nitrogens with zero attached hydrogens (tertiary/aromatic N) is 1. The van der Waals surface area contributed by atoms with Gasteiger partial charge in [0.2, 0.25) is 0 Å². The van der Waals surface area contributed by atoms with Crippen LogP contribution in [0.3, 0.4) is 0 Å². The number of benzene rings is 10. The van der Waals surface area contributed by atoms with E-state index < -0.39 is 0 Å². The van der Waals surface area contributed by atoms with E-state index >= 15 is 0 Å². The average Bonchev–Trinajstić information content (AvgIpc) is 3.30. The summed E-state index contributed by atoms with van der Waals surface area (Å²) in [5.41, 5.74) is 9.40. The Labute approximate surface area is 354 Å². The third kappa shape index (κ3) is 5.24. The molecule has 11 rings (SSSR count). The fraction of sp³-hybridized carbons (Fsp3) is 0. The molecule has 0 spiro atoms. The van der Waals surface area contributed by atoms with Crippen LogP contribution in [0.4, 0.5) is 17.1 Å². The molecule has 3 N–H and O–H groups in total. The molecular formula is C52H36B3NO3S. The van der Waals surface area contributed by atoms with Gasteiger partial charge in [-0.3, -0.25) is 0 Å². The van der Waals surface area contributed by atoms with E-state index in [9.17, 15) is 15.3 Å². The van der Waals surface area contributed by atoms with E-state index in [4.69, 9.17) is 0 Å². The predicted molar refractivity (Wildman–Crippen MR) is 261 cm³/mol. The summed E-state index contributed by atoms with van der Waals surface area (Å²) in [5, 5.41) is 46.9. The van der Waals surface area contributed by atoms with Crippen LogP contribution in [0.5, 0.6) is 17.2 Å². The highest BCUT2D eigenvalue weighted by Gasteiger charge is 2.38. The van der Waals surface area contributed by atoms with Crippen molar-refractivity contribution in [2.75, 3.05) is 4.90 Å². The van der Waals surface area contributed by atoms with Crippen LogP contribution >= 0.6 is 11.8 Å². The first-order valence-corrected chi connectivity index (χ1v) is 21.0. The van der Waals surface area contributed by atoms with Crippen LogP contribution in [0.1, 0.15) is 0 Å². The van der Waals surface area contributed by atoms with Crippen LogP contribution in [0.15, 0.2) is 174 Å². The number of phenols is 3. The minimum atomic E-state index is -0.0144. The van der Waals surface area contributed by atoms with Gasteiger partial charge in [-0.25, -0.2) is 0 Å². The number of hydrogen-bond donors (Lipinski definition) is 3. The molecule has 0 saturated carbocycles. The van der Waals surface area contributed by atoms with Gasteiger partial charge in [0.1, 0.15) is 46.5 Å². The fourth-order valence-corrected chi connectivity index (χ4v) is 10.9. The van der Waals surface area contributed by atoms with Crippen molar-refractivity contribution in [2.24, 2.45) is 0 Å². The lowest BCUT2D eigenvalue weighted by Gasteiger charge is -2.38. The second-order valence-corrected chi connectivity index (χ2v) is 16.7.